The van der Waals surface area contributed by atoms with Crippen molar-refractivity contribution in [2.45, 2.75) is 26.6 Å². The molecule has 0 bridgehead atoms. The van der Waals surface area contributed by atoms with Crippen LogP contribution in [0.25, 0.3) is 22.6 Å². The van der Waals surface area contributed by atoms with E-state index in [0.29, 0.717) is 41.5 Å². The zero-order valence-corrected chi connectivity index (χ0v) is 21.0. The van der Waals surface area contributed by atoms with E-state index in [4.69, 9.17) is 14.7 Å². The molecule has 0 unspecified atom stereocenters. The van der Waals surface area contributed by atoms with E-state index < -0.39 is 11.7 Å². The summed E-state index contributed by atoms with van der Waals surface area (Å²) in [6.07, 6.45) is -2.72. The number of ether oxygens (including phenoxy) is 1. The van der Waals surface area contributed by atoms with E-state index in [0.717, 1.165) is 61.9 Å². The summed E-state index contributed by atoms with van der Waals surface area (Å²) in [4.78, 5) is 16.6. The first kappa shape index (κ1) is 25.2. The van der Waals surface area contributed by atoms with Crippen molar-refractivity contribution >= 4 is 17.0 Å². The standard InChI is InChI=1S/C25H29F3N8O/c1-16-20(17(2)34(3)33-16)22-31-23(29-8-9-35-10-12-37-13-11-35)21-24(32-22)36(15-30-21)14-18-4-6-19(7-5-18)25(26,27)28/h4-7,15H,8-14H2,1-3H3,(H,29,31,32). The van der Waals surface area contributed by atoms with Crippen molar-refractivity contribution < 1.29 is 17.9 Å². The number of aromatic nitrogens is 6. The maximum Gasteiger partial charge on any atom is 0.416 e. The van der Waals surface area contributed by atoms with Gasteiger partial charge in [0.2, 0.25) is 0 Å². The fourth-order valence-electron chi connectivity index (χ4n) is 4.55. The van der Waals surface area contributed by atoms with Gasteiger partial charge in [-0.1, -0.05) is 12.1 Å². The van der Waals surface area contributed by atoms with Crippen LogP contribution in [0.4, 0.5) is 19.0 Å². The zero-order chi connectivity index (χ0) is 26.2. The number of fused-ring (bicyclic) bond motifs is 1. The summed E-state index contributed by atoms with van der Waals surface area (Å²) in [6.45, 7) is 8.96. The Morgan fingerprint density at radius 1 is 1.05 bits per heavy atom. The summed E-state index contributed by atoms with van der Waals surface area (Å²) in [5.41, 5.74) is 3.84. The average molecular weight is 515 g/mol. The summed E-state index contributed by atoms with van der Waals surface area (Å²) in [6, 6.07) is 5.15. The predicted octanol–water partition coefficient (Wildman–Crippen LogP) is 3.65. The number of imidazole rings is 1. The topological polar surface area (TPSA) is 85.9 Å². The molecule has 1 aromatic carbocycles. The molecule has 1 N–H and O–H groups in total. The van der Waals surface area contributed by atoms with Crippen molar-refractivity contribution in [2.75, 3.05) is 44.7 Å². The van der Waals surface area contributed by atoms with E-state index in [9.17, 15) is 13.2 Å². The quantitative estimate of drug-likeness (QED) is 0.403. The molecule has 0 atom stereocenters. The van der Waals surface area contributed by atoms with Crippen molar-refractivity contribution in [3.8, 4) is 11.4 Å². The van der Waals surface area contributed by atoms with E-state index in [1.807, 2.05) is 25.5 Å². The zero-order valence-electron chi connectivity index (χ0n) is 21.0. The number of alkyl halides is 3. The number of aryl methyl sites for hydroxylation is 2. The van der Waals surface area contributed by atoms with Gasteiger partial charge in [0.15, 0.2) is 17.3 Å². The van der Waals surface area contributed by atoms with Crippen molar-refractivity contribution in [1.82, 2.24) is 34.2 Å². The van der Waals surface area contributed by atoms with Crippen LogP contribution in [-0.2, 0) is 24.5 Å². The van der Waals surface area contributed by atoms with E-state index in [-0.39, 0.29) is 0 Å². The third-order valence-corrected chi connectivity index (χ3v) is 6.65. The van der Waals surface area contributed by atoms with Gasteiger partial charge < -0.3 is 14.6 Å². The SMILES string of the molecule is Cc1nn(C)c(C)c1-c1nc(NCCN2CCOCC2)c2ncn(Cc3ccc(C(F)(F)F)cc3)c2n1. The number of nitrogens with zero attached hydrogens (tertiary/aromatic N) is 7. The van der Waals surface area contributed by atoms with Gasteiger partial charge in [0.05, 0.1) is 42.9 Å². The van der Waals surface area contributed by atoms with Crippen LogP contribution in [0, 0.1) is 13.8 Å². The fraction of sp³-hybridized carbons (Fsp3) is 0.440. The minimum atomic E-state index is -4.37. The average Bonchev–Trinajstić information content (AvgIpc) is 3.38. The Hall–Kier alpha value is -3.51. The molecule has 3 aromatic heterocycles. The molecule has 1 fully saturated rings. The van der Waals surface area contributed by atoms with Crippen molar-refractivity contribution in [2.24, 2.45) is 7.05 Å². The molecule has 4 aromatic rings. The summed E-state index contributed by atoms with van der Waals surface area (Å²) < 4.78 is 48.0. The summed E-state index contributed by atoms with van der Waals surface area (Å²) in [5, 5.41) is 7.94. The lowest BCUT2D eigenvalue weighted by Crippen LogP contribution is -2.39. The molecule has 5 rings (SSSR count). The highest BCUT2D eigenvalue weighted by Crippen LogP contribution is 2.30. The Balaban J connectivity index is 1.48. The van der Waals surface area contributed by atoms with Crippen LogP contribution in [0.15, 0.2) is 30.6 Å². The first-order chi connectivity index (χ1) is 17.7. The van der Waals surface area contributed by atoms with Gasteiger partial charge in [-0.25, -0.2) is 15.0 Å². The number of hydrogen-bond acceptors (Lipinski definition) is 7. The Morgan fingerprint density at radius 2 is 1.78 bits per heavy atom. The molecule has 0 radical (unpaired) electrons. The Labute approximate surface area is 212 Å². The first-order valence-corrected chi connectivity index (χ1v) is 12.1. The molecule has 0 aliphatic carbocycles. The molecule has 0 spiro atoms. The fourth-order valence-corrected chi connectivity index (χ4v) is 4.55. The highest BCUT2D eigenvalue weighted by atomic mass is 19.4. The van der Waals surface area contributed by atoms with E-state index >= 15 is 0 Å². The molecule has 9 nitrogen and oxygen atoms in total. The largest absolute Gasteiger partial charge is 0.416 e. The van der Waals surface area contributed by atoms with Crippen molar-refractivity contribution in [1.29, 1.82) is 0 Å². The van der Waals surface area contributed by atoms with Gasteiger partial charge in [0.1, 0.15) is 5.52 Å². The second-order valence-electron chi connectivity index (χ2n) is 9.19. The Bertz CT molecular complexity index is 1390. The van der Waals surface area contributed by atoms with Crippen molar-refractivity contribution in [3.05, 3.63) is 53.1 Å². The normalized spacial score (nSPS) is 15.0. The lowest BCUT2D eigenvalue weighted by molar-refractivity contribution is -0.137. The summed E-state index contributed by atoms with van der Waals surface area (Å²) in [7, 11) is 1.88. The lowest BCUT2D eigenvalue weighted by atomic mass is 10.1. The smallest absolute Gasteiger partial charge is 0.379 e. The summed E-state index contributed by atoms with van der Waals surface area (Å²) >= 11 is 0. The molecule has 196 valence electrons. The number of morpholine rings is 1. The second kappa shape index (κ2) is 10.1. The van der Waals surface area contributed by atoms with Crippen LogP contribution in [0.3, 0.4) is 0 Å². The van der Waals surface area contributed by atoms with E-state index in [1.165, 1.54) is 12.1 Å². The Morgan fingerprint density at radius 3 is 2.43 bits per heavy atom. The van der Waals surface area contributed by atoms with Crippen LogP contribution in [0.5, 0.6) is 0 Å². The maximum atomic E-state index is 13.0. The second-order valence-corrected chi connectivity index (χ2v) is 9.19. The predicted molar refractivity (Wildman–Crippen MR) is 133 cm³/mol. The molecule has 1 aliphatic heterocycles. The molecular formula is C25H29F3N8O. The number of rotatable bonds is 7. The van der Waals surface area contributed by atoms with E-state index in [2.05, 4.69) is 20.3 Å². The van der Waals surface area contributed by atoms with Gasteiger partial charge in [0, 0.05) is 38.9 Å². The highest BCUT2D eigenvalue weighted by molar-refractivity contribution is 5.85. The molecular weight excluding hydrogens is 485 g/mol. The van der Waals surface area contributed by atoms with Gasteiger partial charge in [-0.15, -0.1) is 0 Å². The van der Waals surface area contributed by atoms with Crippen molar-refractivity contribution in [3.63, 3.8) is 0 Å². The number of anilines is 1. The van der Waals surface area contributed by atoms with E-state index in [1.54, 1.807) is 11.0 Å². The number of benzene rings is 1. The molecule has 4 heterocycles. The number of halogens is 3. The minimum Gasteiger partial charge on any atom is -0.379 e. The van der Waals surface area contributed by atoms with Gasteiger partial charge in [-0.3, -0.25) is 9.58 Å². The maximum absolute atomic E-state index is 13.0. The first-order valence-electron chi connectivity index (χ1n) is 12.1. The van der Waals surface area contributed by atoms with Crippen LogP contribution >= 0.6 is 0 Å². The number of hydrogen-bond donors (Lipinski definition) is 1. The molecule has 0 saturated carbocycles. The highest BCUT2D eigenvalue weighted by Gasteiger charge is 2.30. The molecule has 37 heavy (non-hydrogen) atoms. The monoisotopic (exact) mass is 514 g/mol. The van der Waals surface area contributed by atoms with Crippen LogP contribution in [0.2, 0.25) is 0 Å². The van der Waals surface area contributed by atoms with Crippen LogP contribution in [0.1, 0.15) is 22.5 Å². The third kappa shape index (κ3) is 5.30. The van der Waals surface area contributed by atoms with Gasteiger partial charge in [-0.2, -0.15) is 18.3 Å². The number of nitrogens with one attached hydrogen (secondary N) is 1. The Kier molecular flexibility index (Phi) is 6.86. The minimum absolute atomic E-state index is 0.323. The lowest BCUT2D eigenvalue weighted by Gasteiger charge is -2.26. The molecule has 1 aliphatic rings. The molecule has 12 heteroatoms. The molecule has 1 saturated heterocycles. The van der Waals surface area contributed by atoms with Gasteiger partial charge in [0.25, 0.3) is 0 Å². The molecule has 0 amide bonds. The van der Waals surface area contributed by atoms with Crippen LogP contribution in [-0.4, -0.2) is 73.6 Å². The van der Waals surface area contributed by atoms with Gasteiger partial charge >= 0.3 is 6.18 Å². The summed E-state index contributed by atoms with van der Waals surface area (Å²) in [5.74, 6) is 1.14. The third-order valence-electron chi connectivity index (χ3n) is 6.65. The van der Waals surface area contributed by atoms with Gasteiger partial charge in [-0.05, 0) is 31.5 Å². The van der Waals surface area contributed by atoms with Crippen LogP contribution < -0.4 is 5.32 Å².